The van der Waals surface area contributed by atoms with E-state index in [2.05, 4.69) is 5.32 Å². The number of hydrogen-bond donors (Lipinski definition) is 1. The standard InChI is InChI=1S/C28H30N2O3/c1-21-12-14-25(15-13-21)33-20-26(31)30-18-16-24(17-19-30)29-28(32)27(22-8-4-2-5-9-22)23-10-6-3-7-11-23/h2-15,24,27H,16-20H2,1H3,(H,29,32). The lowest BCUT2D eigenvalue weighted by molar-refractivity contribution is -0.134. The molecule has 1 fully saturated rings. The molecule has 1 saturated heterocycles. The number of hydrogen-bond acceptors (Lipinski definition) is 3. The van der Waals surface area contributed by atoms with E-state index in [0.29, 0.717) is 18.8 Å². The second-order valence-electron chi connectivity index (χ2n) is 8.52. The van der Waals surface area contributed by atoms with Gasteiger partial charge in [0.2, 0.25) is 5.91 Å². The van der Waals surface area contributed by atoms with Crippen LogP contribution < -0.4 is 10.1 Å². The number of nitrogens with zero attached hydrogens (tertiary/aromatic N) is 1. The van der Waals surface area contributed by atoms with Crippen LogP contribution in [-0.2, 0) is 9.59 Å². The average Bonchev–Trinajstić information content (AvgIpc) is 2.85. The summed E-state index contributed by atoms with van der Waals surface area (Å²) in [4.78, 5) is 27.7. The SMILES string of the molecule is Cc1ccc(OCC(=O)N2CCC(NC(=O)C(c3ccccc3)c3ccccc3)CC2)cc1. The summed E-state index contributed by atoms with van der Waals surface area (Å²) in [5, 5.41) is 3.23. The molecule has 5 nitrogen and oxygen atoms in total. The third-order valence-electron chi connectivity index (χ3n) is 6.11. The van der Waals surface area contributed by atoms with E-state index in [1.54, 1.807) is 0 Å². The van der Waals surface area contributed by atoms with Crippen LogP contribution in [-0.4, -0.2) is 42.5 Å². The number of carbonyl (C=O) groups is 2. The van der Waals surface area contributed by atoms with Crippen LogP contribution in [0, 0.1) is 6.92 Å². The zero-order chi connectivity index (χ0) is 23.0. The normalized spacial score (nSPS) is 14.2. The molecule has 3 aromatic carbocycles. The highest BCUT2D eigenvalue weighted by Gasteiger charge is 2.28. The van der Waals surface area contributed by atoms with Crippen LogP contribution in [0.3, 0.4) is 0 Å². The Morgan fingerprint density at radius 1 is 0.879 bits per heavy atom. The van der Waals surface area contributed by atoms with E-state index >= 15 is 0 Å². The van der Waals surface area contributed by atoms with Crippen molar-refractivity contribution >= 4 is 11.8 Å². The van der Waals surface area contributed by atoms with Crippen LogP contribution in [0.15, 0.2) is 84.9 Å². The number of nitrogens with one attached hydrogen (secondary N) is 1. The van der Waals surface area contributed by atoms with Crippen molar-refractivity contribution in [3.63, 3.8) is 0 Å². The van der Waals surface area contributed by atoms with Gasteiger partial charge in [0.25, 0.3) is 5.91 Å². The van der Waals surface area contributed by atoms with Gasteiger partial charge in [-0.1, -0.05) is 78.4 Å². The van der Waals surface area contributed by atoms with E-state index in [1.807, 2.05) is 96.8 Å². The summed E-state index contributed by atoms with van der Waals surface area (Å²) < 4.78 is 5.64. The van der Waals surface area contributed by atoms with Crippen molar-refractivity contribution < 1.29 is 14.3 Å². The minimum absolute atomic E-state index is 0.000110. The maximum atomic E-state index is 13.3. The summed E-state index contributed by atoms with van der Waals surface area (Å²) >= 11 is 0. The molecule has 4 rings (SSSR count). The molecule has 3 aromatic rings. The van der Waals surface area contributed by atoms with Gasteiger partial charge in [-0.15, -0.1) is 0 Å². The summed E-state index contributed by atoms with van der Waals surface area (Å²) in [6.45, 7) is 3.27. The number of likely N-dealkylation sites (tertiary alicyclic amines) is 1. The Hall–Kier alpha value is -3.60. The minimum Gasteiger partial charge on any atom is -0.484 e. The fourth-order valence-electron chi connectivity index (χ4n) is 4.21. The molecule has 1 aliphatic rings. The van der Waals surface area contributed by atoms with Crippen molar-refractivity contribution in [2.24, 2.45) is 0 Å². The largest absolute Gasteiger partial charge is 0.484 e. The summed E-state index contributed by atoms with van der Waals surface area (Å²) in [6, 6.07) is 27.5. The van der Waals surface area contributed by atoms with Crippen molar-refractivity contribution in [1.82, 2.24) is 10.2 Å². The van der Waals surface area contributed by atoms with Gasteiger partial charge in [0, 0.05) is 19.1 Å². The number of rotatable bonds is 7. The molecule has 33 heavy (non-hydrogen) atoms. The highest BCUT2D eigenvalue weighted by atomic mass is 16.5. The molecular weight excluding hydrogens is 412 g/mol. The van der Waals surface area contributed by atoms with Gasteiger partial charge in [0.05, 0.1) is 5.92 Å². The van der Waals surface area contributed by atoms with Gasteiger partial charge in [0.1, 0.15) is 5.75 Å². The fourth-order valence-corrected chi connectivity index (χ4v) is 4.21. The average molecular weight is 443 g/mol. The molecule has 1 N–H and O–H groups in total. The van der Waals surface area contributed by atoms with E-state index in [9.17, 15) is 9.59 Å². The number of amides is 2. The number of piperidine rings is 1. The van der Waals surface area contributed by atoms with Crippen molar-refractivity contribution in [2.45, 2.75) is 31.7 Å². The molecule has 5 heteroatoms. The van der Waals surface area contributed by atoms with Gasteiger partial charge in [-0.2, -0.15) is 0 Å². The first-order chi connectivity index (χ1) is 16.1. The highest BCUT2D eigenvalue weighted by molar-refractivity contribution is 5.87. The molecule has 2 amide bonds. The second-order valence-corrected chi connectivity index (χ2v) is 8.52. The topological polar surface area (TPSA) is 58.6 Å². The predicted molar refractivity (Wildman–Crippen MR) is 129 cm³/mol. The third-order valence-corrected chi connectivity index (χ3v) is 6.11. The Labute approximate surface area is 195 Å². The molecule has 0 aliphatic carbocycles. The summed E-state index contributed by atoms with van der Waals surface area (Å²) in [5.41, 5.74) is 3.10. The third kappa shape index (κ3) is 6.01. The molecule has 0 unspecified atom stereocenters. The lowest BCUT2D eigenvalue weighted by Gasteiger charge is -2.33. The van der Waals surface area contributed by atoms with Gasteiger partial charge in [-0.3, -0.25) is 9.59 Å². The van der Waals surface area contributed by atoms with Gasteiger partial charge in [-0.25, -0.2) is 0 Å². The maximum Gasteiger partial charge on any atom is 0.260 e. The molecule has 0 radical (unpaired) electrons. The van der Waals surface area contributed by atoms with Crippen molar-refractivity contribution in [1.29, 1.82) is 0 Å². The van der Waals surface area contributed by atoms with Gasteiger partial charge >= 0.3 is 0 Å². The van der Waals surface area contributed by atoms with Crippen LogP contribution in [0.2, 0.25) is 0 Å². The quantitative estimate of drug-likeness (QED) is 0.593. The monoisotopic (exact) mass is 442 g/mol. The van der Waals surface area contributed by atoms with Crippen LogP contribution >= 0.6 is 0 Å². The first-order valence-electron chi connectivity index (χ1n) is 11.5. The first kappa shape index (κ1) is 22.6. The minimum atomic E-state index is -0.352. The number of benzene rings is 3. The summed E-state index contributed by atoms with van der Waals surface area (Å²) in [5.74, 6) is 0.325. The molecule has 0 atom stereocenters. The molecule has 1 heterocycles. The smallest absolute Gasteiger partial charge is 0.260 e. The molecule has 0 aromatic heterocycles. The molecule has 0 bridgehead atoms. The Balaban J connectivity index is 1.31. The molecule has 170 valence electrons. The Morgan fingerprint density at radius 2 is 1.42 bits per heavy atom. The lowest BCUT2D eigenvalue weighted by Crippen LogP contribution is -2.48. The fraction of sp³-hybridized carbons (Fsp3) is 0.286. The Kier molecular flexibility index (Phi) is 7.40. The molecule has 0 saturated carbocycles. The molecular formula is C28H30N2O3. The number of carbonyl (C=O) groups excluding carboxylic acids is 2. The van der Waals surface area contributed by atoms with E-state index in [1.165, 1.54) is 0 Å². The zero-order valence-corrected chi connectivity index (χ0v) is 18.9. The lowest BCUT2D eigenvalue weighted by atomic mass is 9.90. The zero-order valence-electron chi connectivity index (χ0n) is 18.9. The summed E-state index contributed by atoms with van der Waals surface area (Å²) in [7, 11) is 0. The van der Waals surface area contributed by atoms with E-state index < -0.39 is 0 Å². The van der Waals surface area contributed by atoms with Crippen LogP contribution in [0.4, 0.5) is 0 Å². The Bertz CT molecular complexity index is 1000. The molecule has 1 aliphatic heterocycles. The van der Waals surface area contributed by atoms with Crippen LogP contribution in [0.1, 0.15) is 35.4 Å². The van der Waals surface area contributed by atoms with Gasteiger partial charge in [0.15, 0.2) is 6.61 Å². The van der Waals surface area contributed by atoms with Gasteiger partial charge < -0.3 is 15.0 Å². The first-order valence-corrected chi connectivity index (χ1v) is 11.5. The van der Waals surface area contributed by atoms with E-state index in [4.69, 9.17) is 4.74 Å². The molecule has 0 spiro atoms. The maximum absolute atomic E-state index is 13.3. The van der Waals surface area contributed by atoms with Crippen molar-refractivity contribution in [3.8, 4) is 5.75 Å². The van der Waals surface area contributed by atoms with E-state index in [0.717, 1.165) is 29.5 Å². The van der Waals surface area contributed by atoms with E-state index in [-0.39, 0.29) is 30.4 Å². The van der Waals surface area contributed by atoms with Crippen molar-refractivity contribution in [2.75, 3.05) is 19.7 Å². The second kappa shape index (κ2) is 10.8. The Morgan fingerprint density at radius 3 is 1.97 bits per heavy atom. The predicted octanol–water partition coefficient (Wildman–Crippen LogP) is 4.31. The van der Waals surface area contributed by atoms with Crippen molar-refractivity contribution in [3.05, 3.63) is 102 Å². The van der Waals surface area contributed by atoms with Gasteiger partial charge in [-0.05, 0) is 43.0 Å². The van der Waals surface area contributed by atoms with Crippen LogP contribution in [0.5, 0.6) is 5.75 Å². The summed E-state index contributed by atoms with van der Waals surface area (Å²) in [6.07, 6.45) is 1.47. The number of ether oxygens (including phenoxy) is 1. The highest BCUT2D eigenvalue weighted by Crippen LogP contribution is 2.25. The van der Waals surface area contributed by atoms with Crippen LogP contribution in [0.25, 0.3) is 0 Å². The number of aryl methyl sites for hydroxylation is 1.